The van der Waals surface area contributed by atoms with Crippen LogP contribution in [0.1, 0.15) is 64.2 Å². The number of carbonyl (C=O) groups excluding carboxylic acids is 4. The first-order valence-corrected chi connectivity index (χ1v) is 16.8. The molecule has 0 aromatic carbocycles. The summed E-state index contributed by atoms with van der Waals surface area (Å²) in [4.78, 5) is 47.0. The monoisotopic (exact) mass is 631 g/mol. The Morgan fingerprint density at radius 1 is 0.698 bits per heavy atom. The van der Waals surface area contributed by atoms with Crippen LogP contribution < -0.4 is 26.6 Å². The fourth-order valence-corrected chi connectivity index (χ4v) is 6.28. The van der Waals surface area contributed by atoms with Crippen molar-refractivity contribution in [3.8, 4) is 0 Å². The van der Waals surface area contributed by atoms with E-state index in [-0.39, 0.29) is 35.8 Å². The van der Waals surface area contributed by atoms with Crippen LogP contribution in [0.3, 0.4) is 0 Å². The number of rotatable bonds is 27. The summed E-state index contributed by atoms with van der Waals surface area (Å²) < 4.78 is 21.5. The molecule has 2 fully saturated rings. The van der Waals surface area contributed by atoms with Crippen LogP contribution in [-0.2, 0) is 33.3 Å². The first-order valence-electron chi connectivity index (χ1n) is 15.7. The van der Waals surface area contributed by atoms with Gasteiger partial charge in [-0.05, 0) is 38.5 Å². The third kappa shape index (κ3) is 18.3. The number of urea groups is 1. The van der Waals surface area contributed by atoms with Gasteiger partial charge in [0.1, 0.15) is 0 Å². The predicted molar refractivity (Wildman–Crippen MR) is 165 cm³/mol. The Hall–Kier alpha value is -2.13. The molecule has 43 heavy (non-hydrogen) atoms. The summed E-state index contributed by atoms with van der Waals surface area (Å²) in [7, 11) is 1.63. The average Bonchev–Trinajstić information content (AvgIpc) is 3.54. The van der Waals surface area contributed by atoms with E-state index in [1.54, 1.807) is 7.11 Å². The minimum atomic E-state index is -0.0593. The predicted octanol–water partition coefficient (Wildman–Crippen LogP) is 1.10. The quantitative estimate of drug-likeness (QED) is 0.0659. The molecule has 0 aliphatic carbocycles. The van der Waals surface area contributed by atoms with E-state index in [1.807, 2.05) is 11.8 Å². The molecular formula is C29H53N5O8S. The number of unbranched alkanes of at least 4 members (excludes halogenated alkanes) is 1. The highest BCUT2D eigenvalue weighted by Gasteiger charge is 2.42. The first kappa shape index (κ1) is 37.1. The van der Waals surface area contributed by atoms with Crippen molar-refractivity contribution in [2.45, 2.75) is 81.5 Å². The van der Waals surface area contributed by atoms with Crippen molar-refractivity contribution in [1.82, 2.24) is 26.6 Å². The maximum absolute atomic E-state index is 12.0. The molecule has 0 saturated carbocycles. The van der Waals surface area contributed by atoms with Gasteiger partial charge in [-0.15, -0.1) is 0 Å². The molecule has 0 spiro atoms. The zero-order chi connectivity index (χ0) is 31.0. The van der Waals surface area contributed by atoms with Gasteiger partial charge in [0, 0.05) is 76.8 Å². The lowest BCUT2D eigenvalue weighted by Crippen LogP contribution is -2.36. The van der Waals surface area contributed by atoms with Crippen molar-refractivity contribution < 1.29 is 38.1 Å². The molecule has 0 bridgehead atoms. The first-order chi connectivity index (χ1) is 21.0. The molecule has 5 N–H and O–H groups in total. The molecule has 14 heteroatoms. The van der Waals surface area contributed by atoms with Crippen LogP contribution in [0.2, 0.25) is 0 Å². The van der Waals surface area contributed by atoms with Crippen molar-refractivity contribution in [2.75, 3.05) is 78.7 Å². The molecule has 2 heterocycles. The second-order valence-corrected chi connectivity index (χ2v) is 11.9. The highest BCUT2D eigenvalue weighted by molar-refractivity contribution is 8.00. The van der Waals surface area contributed by atoms with Gasteiger partial charge in [0.05, 0.1) is 38.5 Å². The Labute approximate surface area is 260 Å². The van der Waals surface area contributed by atoms with Crippen LogP contribution in [0.15, 0.2) is 0 Å². The molecule has 2 rings (SSSR count). The van der Waals surface area contributed by atoms with Crippen LogP contribution >= 0.6 is 11.8 Å². The molecule has 2 saturated heterocycles. The Morgan fingerprint density at radius 2 is 1.21 bits per heavy atom. The van der Waals surface area contributed by atoms with Crippen molar-refractivity contribution in [1.29, 1.82) is 0 Å². The highest BCUT2D eigenvalue weighted by atomic mass is 32.2. The van der Waals surface area contributed by atoms with E-state index in [0.29, 0.717) is 103 Å². The number of hydrogen-bond donors (Lipinski definition) is 5. The molecule has 13 nitrogen and oxygen atoms in total. The van der Waals surface area contributed by atoms with E-state index >= 15 is 0 Å². The van der Waals surface area contributed by atoms with Gasteiger partial charge < -0.3 is 45.5 Å². The molecule has 3 atom stereocenters. The molecule has 2 aliphatic heterocycles. The van der Waals surface area contributed by atoms with E-state index in [4.69, 9.17) is 18.9 Å². The van der Waals surface area contributed by atoms with Gasteiger partial charge in [-0.2, -0.15) is 11.8 Å². The van der Waals surface area contributed by atoms with Crippen molar-refractivity contribution in [3.05, 3.63) is 0 Å². The maximum atomic E-state index is 12.0. The molecule has 1 unspecified atom stereocenters. The summed E-state index contributed by atoms with van der Waals surface area (Å²) in [5, 5.41) is 15.0. The Morgan fingerprint density at radius 3 is 1.77 bits per heavy atom. The molecule has 2 aliphatic rings. The molecule has 0 aromatic rings. The van der Waals surface area contributed by atoms with Crippen molar-refractivity contribution in [3.63, 3.8) is 0 Å². The summed E-state index contributed by atoms with van der Waals surface area (Å²) in [6.45, 7) is 5.38. The zero-order valence-electron chi connectivity index (χ0n) is 25.8. The van der Waals surface area contributed by atoms with Gasteiger partial charge in [0.2, 0.25) is 17.7 Å². The maximum Gasteiger partial charge on any atom is 0.315 e. The van der Waals surface area contributed by atoms with Crippen molar-refractivity contribution >= 4 is 35.5 Å². The molecular weight excluding hydrogens is 578 g/mol. The summed E-state index contributed by atoms with van der Waals surface area (Å²) in [6, 6.07) is 0.416. The fraction of sp³-hybridized carbons (Fsp3) is 0.862. The third-order valence-electron chi connectivity index (χ3n) is 7.05. The molecule has 0 aromatic heterocycles. The lowest BCUT2D eigenvalue weighted by atomic mass is 10.0. The van der Waals surface area contributed by atoms with Crippen LogP contribution in [-0.4, -0.2) is 120 Å². The number of ether oxygens (including phenoxy) is 4. The van der Waals surface area contributed by atoms with Crippen LogP contribution in [0.25, 0.3) is 0 Å². The smallest absolute Gasteiger partial charge is 0.315 e. The van der Waals surface area contributed by atoms with Gasteiger partial charge >= 0.3 is 6.03 Å². The molecule has 5 amide bonds. The van der Waals surface area contributed by atoms with Crippen LogP contribution in [0.4, 0.5) is 4.79 Å². The van der Waals surface area contributed by atoms with E-state index in [1.165, 1.54) is 0 Å². The normalized spacial score (nSPS) is 19.0. The number of carbonyl (C=O) groups is 4. The molecule has 248 valence electrons. The van der Waals surface area contributed by atoms with E-state index in [2.05, 4.69) is 26.6 Å². The number of hydrogen-bond acceptors (Lipinski definition) is 9. The number of methoxy groups -OCH3 is 1. The Balaban J connectivity index is 1.24. The topological polar surface area (TPSA) is 165 Å². The molecule has 0 radical (unpaired) electrons. The lowest BCUT2D eigenvalue weighted by Gasteiger charge is -2.16. The van der Waals surface area contributed by atoms with Crippen molar-refractivity contribution in [2.24, 2.45) is 0 Å². The zero-order valence-corrected chi connectivity index (χ0v) is 26.6. The summed E-state index contributed by atoms with van der Waals surface area (Å²) >= 11 is 1.90. The van der Waals surface area contributed by atoms with Gasteiger partial charge in [-0.3, -0.25) is 14.4 Å². The van der Waals surface area contributed by atoms with E-state index in [9.17, 15) is 19.2 Å². The minimum Gasteiger partial charge on any atom is -0.385 e. The third-order valence-corrected chi connectivity index (χ3v) is 8.56. The van der Waals surface area contributed by atoms with Gasteiger partial charge in [0.15, 0.2) is 0 Å². The number of thioether (sulfide) groups is 1. The summed E-state index contributed by atoms with van der Waals surface area (Å²) in [5.74, 6) is 0.942. The van der Waals surface area contributed by atoms with Gasteiger partial charge in [-0.1, -0.05) is 6.42 Å². The average molecular weight is 632 g/mol. The number of nitrogens with one attached hydrogen (secondary N) is 5. The highest BCUT2D eigenvalue weighted by Crippen LogP contribution is 2.33. The standard InChI is InChI=1S/C29H53N5O8S/c1-39-15-5-12-30-26(36)10-4-11-27(37)32-14-7-17-41-19-21-42-20-18-40-16-6-13-31-25(35)9-3-2-8-24-28-23(22-43-24)33-29(38)34-28/h23-24,28H,2-22H2,1H3,(H,30,36)(H,31,35)(H,32,37)(H2,33,34,38)/t23-,24-,28?/m0/s1. The van der Waals surface area contributed by atoms with Gasteiger partial charge in [0.25, 0.3) is 0 Å². The largest absolute Gasteiger partial charge is 0.385 e. The SMILES string of the molecule is COCCCNC(=O)CCCC(=O)NCCCOCCOCCOCCCNC(=O)CCCC[C@@H]1SC[C@@H]2NC(=O)NC21. The Kier molecular flexibility index (Phi) is 20.9. The minimum absolute atomic E-state index is 0.0389. The van der Waals surface area contributed by atoms with Gasteiger partial charge in [-0.25, -0.2) is 4.79 Å². The lowest BCUT2D eigenvalue weighted by molar-refractivity contribution is -0.123. The van der Waals surface area contributed by atoms with E-state index < -0.39 is 0 Å². The van der Waals surface area contributed by atoms with E-state index in [0.717, 1.165) is 37.9 Å². The number of amides is 5. The van der Waals surface area contributed by atoms with Crippen LogP contribution in [0, 0.1) is 0 Å². The number of fused-ring (bicyclic) bond motifs is 1. The van der Waals surface area contributed by atoms with Crippen LogP contribution in [0.5, 0.6) is 0 Å². The summed E-state index contributed by atoms with van der Waals surface area (Å²) in [6.07, 6.45) is 6.84. The fourth-order valence-electron chi connectivity index (χ4n) is 4.74. The second kappa shape index (κ2) is 24.2. The summed E-state index contributed by atoms with van der Waals surface area (Å²) in [5.41, 5.74) is 0. The second-order valence-electron chi connectivity index (χ2n) is 10.7. The Bertz CT molecular complexity index is 809.